The molecule has 2 aliphatic heterocycles. The van der Waals surface area contributed by atoms with Crippen LogP contribution < -0.4 is 19.5 Å². The van der Waals surface area contributed by atoms with Crippen molar-refractivity contribution in [3.8, 4) is 23.0 Å². The molecule has 2 N–H and O–H groups in total. The van der Waals surface area contributed by atoms with Gasteiger partial charge >= 0.3 is 6.03 Å². The number of carbonyl (C=O) groups excluding carboxylic acids is 3. The number of aryl methyl sites for hydroxylation is 1. The van der Waals surface area contributed by atoms with E-state index in [1.54, 1.807) is 43.3 Å². The highest BCUT2D eigenvalue weighted by atomic mass is 32.2. The Morgan fingerprint density at radius 1 is 1.10 bits per heavy atom. The molecule has 7 rings (SSSR count). The number of urea groups is 1. The molecule has 0 bridgehead atoms. The average Bonchev–Trinajstić information content (AvgIpc) is 4.03. The van der Waals surface area contributed by atoms with Crippen molar-refractivity contribution in [1.29, 1.82) is 0 Å². The van der Waals surface area contributed by atoms with Crippen LogP contribution in [0.3, 0.4) is 0 Å². The van der Waals surface area contributed by atoms with Gasteiger partial charge in [0.05, 0.1) is 29.8 Å². The molecule has 51 heavy (non-hydrogen) atoms. The molecular formula is C36H41FN6O7S. The standard InChI is InChI=1S/C36H41FN6O7S/c1-21-29(49-3)16-15-27-30(21)38-31(22-9-11-24(37)12-10-22)39-33(27)50-25-18-28-32(44)40-36(34(45)41-51(47,48)26-13-14-26)19-23(36)8-6-4-5-7-17-42(2)35(46)43(28)20-25/h6,8-12,15-16,23,25-26,28H,4-5,7,13-14,17-20H2,1-3H3,(H,40,44)(H,41,45)/b8-6-. The topological polar surface area (TPSA) is 160 Å². The van der Waals surface area contributed by atoms with E-state index in [0.29, 0.717) is 53.8 Å². The lowest BCUT2D eigenvalue weighted by Crippen LogP contribution is -2.57. The molecule has 15 heteroatoms. The summed E-state index contributed by atoms with van der Waals surface area (Å²) < 4.78 is 53.6. The van der Waals surface area contributed by atoms with E-state index in [2.05, 4.69) is 10.0 Å². The van der Waals surface area contributed by atoms with Crippen LogP contribution in [0.15, 0.2) is 48.6 Å². The van der Waals surface area contributed by atoms with Gasteiger partial charge in [0.25, 0.3) is 5.91 Å². The van der Waals surface area contributed by atoms with Crippen LogP contribution in [0, 0.1) is 18.7 Å². The summed E-state index contributed by atoms with van der Waals surface area (Å²) in [5.74, 6) is -1.02. The number of rotatable bonds is 7. The number of sulfonamides is 1. The Morgan fingerprint density at radius 2 is 1.86 bits per heavy atom. The number of benzene rings is 2. The second-order valence-electron chi connectivity index (χ2n) is 13.9. The van der Waals surface area contributed by atoms with E-state index in [1.165, 1.54) is 17.0 Å². The van der Waals surface area contributed by atoms with Gasteiger partial charge in [-0.3, -0.25) is 14.3 Å². The molecule has 2 saturated carbocycles. The number of allylic oxidation sites excluding steroid dienone is 1. The Labute approximate surface area is 295 Å². The van der Waals surface area contributed by atoms with E-state index in [9.17, 15) is 27.2 Å². The summed E-state index contributed by atoms with van der Waals surface area (Å²) in [6.07, 6.45) is 6.67. The molecule has 3 fully saturated rings. The monoisotopic (exact) mass is 720 g/mol. The van der Waals surface area contributed by atoms with Gasteiger partial charge in [-0.05, 0) is 81.8 Å². The van der Waals surface area contributed by atoms with Crippen molar-refractivity contribution in [2.45, 2.75) is 74.8 Å². The van der Waals surface area contributed by atoms with Crippen molar-refractivity contribution >= 4 is 38.8 Å². The second-order valence-corrected chi connectivity index (χ2v) is 15.8. The minimum Gasteiger partial charge on any atom is -0.496 e. The smallest absolute Gasteiger partial charge is 0.320 e. The number of amides is 4. The number of ether oxygens (including phenoxy) is 2. The van der Waals surface area contributed by atoms with Crippen LogP contribution in [-0.2, 0) is 19.6 Å². The number of aromatic nitrogens is 2. The van der Waals surface area contributed by atoms with Gasteiger partial charge in [-0.15, -0.1) is 0 Å². The van der Waals surface area contributed by atoms with Crippen molar-refractivity contribution in [2.75, 3.05) is 27.2 Å². The lowest BCUT2D eigenvalue weighted by molar-refractivity contribution is -0.131. The van der Waals surface area contributed by atoms with Crippen molar-refractivity contribution in [3.05, 3.63) is 59.9 Å². The SMILES string of the molecule is COc1ccc2c(OC3CC4C(=O)NC5(C(=O)NS(=O)(=O)C6CC6)CC5/C=C\CCCCN(C)C(=O)N4C3)nc(-c3ccc(F)cc3)nc2c1C. The summed E-state index contributed by atoms with van der Waals surface area (Å²) in [7, 11) is -0.613. The molecule has 3 heterocycles. The van der Waals surface area contributed by atoms with Gasteiger partial charge in [0.15, 0.2) is 5.82 Å². The van der Waals surface area contributed by atoms with Crippen LogP contribution in [0.5, 0.6) is 11.6 Å². The van der Waals surface area contributed by atoms with E-state index >= 15 is 0 Å². The molecule has 13 nitrogen and oxygen atoms in total. The molecule has 4 aliphatic rings. The van der Waals surface area contributed by atoms with Gasteiger partial charge in [0.1, 0.15) is 29.3 Å². The quantitative estimate of drug-likeness (QED) is 0.346. The van der Waals surface area contributed by atoms with Crippen molar-refractivity contribution < 1.29 is 36.7 Å². The van der Waals surface area contributed by atoms with Crippen LogP contribution in [0.4, 0.5) is 9.18 Å². The van der Waals surface area contributed by atoms with E-state index in [4.69, 9.17) is 19.4 Å². The third-order valence-electron chi connectivity index (χ3n) is 10.2. The lowest BCUT2D eigenvalue weighted by atomic mass is 10.1. The van der Waals surface area contributed by atoms with E-state index < -0.39 is 56.5 Å². The molecular weight excluding hydrogens is 679 g/mol. The van der Waals surface area contributed by atoms with Gasteiger partial charge in [0.2, 0.25) is 21.8 Å². The molecule has 0 radical (unpaired) electrons. The van der Waals surface area contributed by atoms with E-state index in [-0.39, 0.29) is 31.3 Å². The Kier molecular flexibility index (Phi) is 9.10. The van der Waals surface area contributed by atoms with Crippen molar-refractivity contribution in [2.24, 2.45) is 5.92 Å². The minimum absolute atomic E-state index is 0.0480. The highest BCUT2D eigenvalue weighted by molar-refractivity contribution is 7.91. The highest BCUT2D eigenvalue weighted by Gasteiger charge is 2.62. The molecule has 3 aromatic rings. The predicted octanol–water partition coefficient (Wildman–Crippen LogP) is 3.85. The fourth-order valence-electron chi connectivity index (χ4n) is 6.98. The molecule has 2 aromatic carbocycles. The molecule has 270 valence electrons. The largest absolute Gasteiger partial charge is 0.496 e. The predicted molar refractivity (Wildman–Crippen MR) is 186 cm³/mol. The lowest BCUT2D eigenvalue weighted by Gasteiger charge is -2.30. The van der Waals surface area contributed by atoms with Gasteiger partial charge < -0.3 is 24.6 Å². The summed E-state index contributed by atoms with van der Waals surface area (Å²) in [6, 6.07) is 7.95. The number of nitrogens with one attached hydrogen (secondary N) is 2. The highest BCUT2D eigenvalue weighted by Crippen LogP contribution is 2.46. The first-order chi connectivity index (χ1) is 24.4. The molecule has 4 amide bonds. The zero-order chi connectivity index (χ0) is 36.1. The van der Waals surface area contributed by atoms with E-state index in [0.717, 1.165) is 18.4 Å². The number of halogens is 1. The minimum atomic E-state index is -3.86. The number of carbonyl (C=O) groups is 3. The maximum atomic E-state index is 14.2. The normalized spacial score (nSPS) is 26.1. The molecule has 4 unspecified atom stereocenters. The number of methoxy groups -OCH3 is 1. The Bertz CT molecular complexity index is 2020. The maximum Gasteiger partial charge on any atom is 0.320 e. The van der Waals surface area contributed by atoms with Crippen molar-refractivity contribution in [1.82, 2.24) is 29.8 Å². The third-order valence-corrected chi connectivity index (χ3v) is 12.0. The van der Waals surface area contributed by atoms with Gasteiger partial charge in [-0.2, -0.15) is 4.98 Å². The zero-order valence-corrected chi connectivity index (χ0v) is 29.5. The fraction of sp³-hybridized carbons (Fsp3) is 0.472. The molecule has 1 saturated heterocycles. The Morgan fingerprint density at radius 3 is 2.59 bits per heavy atom. The molecule has 4 atom stereocenters. The molecule has 2 aliphatic carbocycles. The summed E-state index contributed by atoms with van der Waals surface area (Å²) >= 11 is 0. The summed E-state index contributed by atoms with van der Waals surface area (Å²) in [4.78, 5) is 54.1. The first kappa shape index (κ1) is 34.6. The van der Waals surface area contributed by atoms with Gasteiger partial charge in [-0.1, -0.05) is 12.2 Å². The molecule has 0 spiro atoms. The summed E-state index contributed by atoms with van der Waals surface area (Å²) in [6.45, 7) is 2.39. The third kappa shape index (κ3) is 6.83. The average molecular weight is 721 g/mol. The van der Waals surface area contributed by atoms with Crippen LogP contribution >= 0.6 is 0 Å². The molecule has 1 aromatic heterocycles. The van der Waals surface area contributed by atoms with Gasteiger partial charge in [0, 0.05) is 37.1 Å². The first-order valence-electron chi connectivity index (χ1n) is 17.2. The Balaban J connectivity index is 1.21. The fourth-order valence-corrected chi connectivity index (χ4v) is 8.34. The van der Waals surface area contributed by atoms with Crippen LogP contribution in [0.25, 0.3) is 22.3 Å². The number of fused-ring (bicyclic) bond motifs is 3. The second kappa shape index (κ2) is 13.4. The van der Waals surface area contributed by atoms with Crippen LogP contribution in [-0.4, -0.2) is 96.2 Å². The zero-order valence-electron chi connectivity index (χ0n) is 28.7. The van der Waals surface area contributed by atoms with Gasteiger partial charge in [-0.25, -0.2) is 22.6 Å². The Hall–Kier alpha value is -4.79. The maximum absolute atomic E-state index is 14.2. The summed E-state index contributed by atoms with van der Waals surface area (Å²) in [5.41, 5.74) is 0.407. The number of nitrogens with zero attached hydrogens (tertiary/aromatic N) is 4. The first-order valence-corrected chi connectivity index (χ1v) is 18.8. The number of hydrogen-bond acceptors (Lipinski definition) is 9. The van der Waals surface area contributed by atoms with Crippen molar-refractivity contribution in [3.63, 3.8) is 0 Å². The summed E-state index contributed by atoms with van der Waals surface area (Å²) in [5, 5.41) is 2.85. The van der Waals surface area contributed by atoms with Crippen LogP contribution in [0.2, 0.25) is 0 Å². The van der Waals surface area contributed by atoms with Crippen LogP contribution in [0.1, 0.15) is 50.5 Å². The number of hydrogen-bond donors (Lipinski definition) is 2. The van der Waals surface area contributed by atoms with E-state index in [1.807, 2.05) is 19.1 Å².